The summed E-state index contributed by atoms with van der Waals surface area (Å²) in [4.78, 5) is 0. The van der Waals surface area contributed by atoms with Crippen LogP contribution >= 0.6 is 31.9 Å². The second kappa shape index (κ2) is 3.11. The van der Waals surface area contributed by atoms with Gasteiger partial charge in [0.15, 0.2) is 0 Å². The molecule has 4 aliphatic rings. The zero-order valence-corrected chi connectivity index (χ0v) is 11.7. The van der Waals surface area contributed by atoms with Gasteiger partial charge in [-0.2, -0.15) is 0 Å². The molecule has 0 spiro atoms. The quantitative estimate of drug-likeness (QED) is 0.603. The third-order valence-corrected chi connectivity index (χ3v) is 6.66. The van der Waals surface area contributed by atoms with Crippen LogP contribution < -0.4 is 0 Å². The summed E-state index contributed by atoms with van der Waals surface area (Å²) in [5.41, 5.74) is 3.07. The number of hydrogen-bond acceptors (Lipinski definition) is 0. The van der Waals surface area contributed by atoms with Gasteiger partial charge in [0.05, 0.1) is 0 Å². The molecule has 0 aromatic heterocycles. The Labute approximate surface area is 112 Å². The Morgan fingerprint density at radius 3 is 1.62 bits per heavy atom. The van der Waals surface area contributed by atoms with Crippen LogP contribution in [0.25, 0.3) is 0 Å². The topological polar surface area (TPSA) is 0 Å². The SMILES string of the molecule is BrC1=C(Br)[C@H]2[C@@H]1[C@H]1C=C[C@@H]2c2ccccc21. The summed E-state index contributed by atoms with van der Waals surface area (Å²) >= 11 is 7.44. The molecule has 0 heterocycles. The molecule has 0 fully saturated rings. The molecule has 1 aromatic carbocycles. The van der Waals surface area contributed by atoms with Crippen molar-refractivity contribution < 1.29 is 0 Å². The standard InChI is InChI=1S/C14H10Br2/c15-13-11-9-5-6-10(12(11)14(13)16)8-4-2-1-3-7(8)9/h1-6,9-12H/t9-,10+,11-,12+. The predicted molar refractivity (Wildman–Crippen MR) is 72.9 cm³/mol. The van der Waals surface area contributed by atoms with Crippen molar-refractivity contribution in [2.24, 2.45) is 11.8 Å². The van der Waals surface area contributed by atoms with Crippen molar-refractivity contribution in [1.29, 1.82) is 0 Å². The molecule has 1 aromatic rings. The molecule has 0 radical (unpaired) electrons. The molecule has 0 saturated heterocycles. The van der Waals surface area contributed by atoms with E-state index in [2.05, 4.69) is 68.3 Å². The van der Waals surface area contributed by atoms with Gasteiger partial charge in [0.25, 0.3) is 0 Å². The van der Waals surface area contributed by atoms with Gasteiger partial charge in [-0.3, -0.25) is 0 Å². The highest BCUT2D eigenvalue weighted by Gasteiger charge is 2.52. The summed E-state index contributed by atoms with van der Waals surface area (Å²) in [6.45, 7) is 0. The third-order valence-electron chi connectivity index (χ3n) is 4.21. The molecule has 5 rings (SSSR count). The molecule has 4 atom stereocenters. The van der Waals surface area contributed by atoms with E-state index in [-0.39, 0.29) is 0 Å². The van der Waals surface area contributed by atoms with Crippen molar-refractivity contribution in [3.8, 4) is 0 Å². The lowest BCUT2D eigenvalue weighted by Gasteiger charge is -2.52. The molecule has 80 valence electrons. The van der Waals surface area contributed by atoms with E-state index in [1.54, 1.807) is 0 Å². The van der Waals surface area contributed by atoms with Gasteiger partial charge in [-0.25, -0.2) is 0 Å². The molecular weight excluding hydrogens is 328 g/mol. The van der Waals surface area contributed by atoms with Gasteiger partial charge in [-0.05, 0) is 11.1 Å². The molecule has 2 heteroatoms. The highest BCUT2D eigenvalue weighted by molar-refractivity contribution is 9.14. The Hall–Kier alpha value is -0.340. The van der Waals surface area contributed by atoms with Crippen LogP contribution in [0.4, 0.5) is 0 Å². The van der Waals surface area contributed by atoms with Crippen LogP contribution in [-0.4, -0.2) is 0 Å². The molecule has 2 bridgehead atoms. The Bertz CT molecular complexity index is 494. The minimum Gasteiger partial charge on any atom is -0.0797 e. The first kappa shape index (κ1) is 9.67. The van der Waals surface area contributed by atoms with E-state index in [1.807, 2.05) is 0 Å². The monoisotopic (exact) mass is 336 g/mol. The second-order valence-electron chi connectivity index (χ2n) is 4.81. The highest BCUT2D eigenvalue weighted by Crippen LogP contribution is 2.65. The molecule has 0 nitrogen and oxygen atoms in total. The fourth-order valence-corrected chi connectivity index (χ4v) is 5.16. The fourth-order valence-electron chi connectivity index (χ4n) is 3.49. The largest absolute Gasteiger partial charge is 0.0797 e. The van der Waals surface area contributed by atoms with Gasteiger partial charge < -0.3 is 0 Å². The van der Waals surface area contributed by atoms with Crippen LogP contribution in [0.3, 0.4) is 0 Å². The van der Waals surface area contributed by atoms with Crippen molar-refractivity contribution in [2.45, 2.75) is 11.8 Å². The molecule has 4 aliphatic carbocycles. The number of benzene rings is 1. The molecule has 0 aliphatic heterocycles. The summed E-state index contributed by atoms with van der Waals surface area (Å²) in [5.74, 6) is 2.53. The van der Waals surface area contributed by atoms with E-state index < -0.39 is 0 Å². The normalized spacial score (nSPS) is 38.1. The predicted octanol–water partition coefficient (Wildman–Crippen LogP) is 4.68. The maximum Gasteiger partial charge on any atom is 0.0102 e. The number of allylic oxidation sites excluding steroid dienone is 4. The minimum atomic E-state index is 0.585. The summed E-state index contributed by atoms with van der Waals surface area (Å²) in [7, 11) is 0. The average Bonchev–Trinajstić information content (AvgIpc) is 2.37. The van der Waals surface area contributed by atoms with E-state index >= 15 is 0 Å². The first-order valence-corrected chi connectivity index (χ1v) is 7.20. The average molecular weight is 338 g/mol. The lowest BCUT2D eigenvalue weighted by atomic mass is 9.55. The first-order chi connectivity index (χ1) is 7.79. The molecular formula is C14H10Br2. The lowest BCUT2D eigenvalue weighted by molar-refractivity contribution is 0.306. The zero-order valence-electron chi connectivity index (χ0n) is 8.53. The molecule has 0 N–H and O–H groups in total. The van der Waals surface area contributed by atoms with Gasteiger partial charge in [0, 0.05) is 32.6 Å². The van der Waals surface area contributed by atoms with Crippen LogP contribution in [0.15, 0.2) is 45.4 Å². The van der Waals surface area contributed by atoms with Crippen molar-refractivity contribution in [1.82, 2.24) is 0 Å². The van der Waals surface area contributed by atoms with Crippen molar-refractivity contribution in [2.75, 3.05) is 0 Å². The van der Waals surface area contributed by atoms with Crippen molar-refractivity contribution in [3.63, 3.8) is 0 Å². The maximum absolute atomic E-state index is 3.72. The Morgan fingerprint density at radius 2 is 1.19 bits per heavy atom. The molecule has 0 unspecified atom stereocenters. The second-order valence-corrected chi connectivity index (χ2v) is 6.52. The van der Waals surface area contributed by atoms with Gasteiger partial charge >= 0.3 is 0 Å². The number of halogens is 2. The maximum atomic E-state index is 3.72. The lowest BCUT2D eigenvalue weighted by Crippen LogP contribution is -2.41. The van der Waals surface area contributed by atoms with E-state index in [9.17, 15) is 0 Å². The molecule has 16 heavy (non-hydrogen) atoms. The minimum absolute atomic E-state index is 0.585. The van der Waals surface area contributed by atoms with Crippen molar-refractivity contribution in [3.05, 3.63) is 56.5 Å². The van der Waals surface area contributed by atoms with Gasteiger partial charge in [0.2, 0.25) is 0 Å². The Kier molecular flexibility index (Phi) is 1.88. The smallest absolute Gasteiger partial charge is 0.0102 e. The highest BCUT2D eigenvalue weighted by atomic mass is 79.9. The number of rotatable bonds is 0. The van der Waals surface area contributed by atoms with Crippen LogP contribution in [0.1, 0.15) is 23.0 Å². The molecule has 0 saturated carbocycles. The van der Waals surface area contributed by atoms with Crippen molar-refractivity contribution >= 4 is 31.9 Å². The van der Waals surface area contributed by atoms with Crippen LogP contribution in [-0.2, 0) is 0 Å². The summed E-state index contributed by atoms with van der Waals surface area (Å²) in [6, 6.07) is 8.90. The van der Waals surface area contributed by atoms with E-state index in [1.165, 1.54) is 20.1 Å². The van der Waals surface area contributed by atoms with E-state index in [4.69, 9.17) is 0 Å². The summed E-state index contributed by atoms with van der Waals surface area (Å²) < 4.78 is 2.76. The number of hydrogen-bond donors (Lipinski definition) is 0. The van der Waals surface area contributed by atoms with Crippen LogP contribution in [0, 0.1) is 11.8 Å². The van der Waals surface area contributed by atoms with E-state index in [0.717, 1.165) is 0 Å². The van der Waals surface area contributed by atoms with E-state index in [0.29, 0.717) is 23.7 Å². The van der Waals surface area contributed by atoms with Gasteiger partial charge in [0.1, 0.15) is 0 Å². The zero-order chi connectivity index (χ0) is 10.9. The molecule has 0 amide bonds. The first-order valence-electron chi connectivity index (χ1n) is 5.61. The summed E-state index contributed by atoms with van der Waals surface area (Å²) in [5, 5.41) is 0. The third kappa shape index (κ3) is 0.964. The fraction of sp³-hybridized carbons (Fsp3) is 0.286. The van der Waals surface area contributed by atoms with Crippen LogP contribution in [0.2, 0.25) is 0 Å². The van der Waals surface area contributed by atoms with Gasteiger partial charge in [-0.15, -0.1) is 0 Å². The summed E-state index contributed by atoms with van der Waals surface area (Å²) in [6.07, 6.45) is 4.80. The Balaban J connectivity index is 1.95. The Morgan fingerprint density at radius 1 is 0.750 bits per heavy atom. The van der Waals surface area contributed by atoms with Crippen LogP contribution in [0.5, 0.6) is 0 Å². The van der Waals surface area contributed by atoms with Gasteiger partial charge in [-0.1, -0.05) is 68.3 Å².